The average Bonchev–Trinajstić information content (AvgIpc) is 2.23. The molecular weight excluding hydrogens is 196 g/mol. The summed E-state index contributed by atoms with van der Waals surface area (Å²) in [5, 5.41) is 0.873. The van der Waals surface area contributed by atoms with E-state index in [1.165, 1.54) is 18.1 Å². The van der Waals surface area contributed by atoms with Gasteiger partial charge in [-0.25, -0.2) is 9.97 Å². The van der Waals surface area contributed by atoms with Crippen LogP contribution in [0, 0.1) is 0 Å². The zero-order valence-corrected chi connectivity index (χ0v) is 8.11. The van der Waals surface area contributed by atoms with Crippen molar-refractivity contribution in [1.82, 2.24) is 15.0 Å². The minimum Gasteiger partial charge on any atom is -0.397 e. The highest BCUT2D eigenvalue weighted by Crippen LogP contribution is 2.28. The molecule has 0 aliphatic heterocycles. The Kier molecular flexibility index (Phi) is 2.60. The number of pyridine rings is 1. The predicted octanol–water partition coefficient (Wildman–Crippen LogP) is 1.61. The summed E-state index contributed by atoms with van der Waals surface area (Å²) in [7, 11) is 0. The SMILES string of the molecule is Nc1cnccc1Sc1ccncn1. The molecule has 0 aliphatic rings. The summed E-state index contributed by atoms with van der Waals surface area (Å²) in [5.41, 5.74) is 6.40. The summed E-state index contributed by atoms with van der Waals surface area (Å²) in [5.74, 6) is 0. The molecule has 0 aliphatic carbocycles. The molecule has 2 heterocycles. The van der Waals surface area contributed by atoms with Gasteiger partial charge >= 0.3 is 0 Å². The smallest absolute Gasteiger partial charge is 0.116 e. The molecular formula is C9H8N4S. The monoisotopic (exact) mass is 204 g/mol. The third-order valence-corrected chi connectivity index (χ3v) is 2.62. The first-order valence-electron chi connectivity index (χ1n) is 3.99. The highest BCUT2D eigenvalue weighted by molar-refractivity contribution is 7.99. The lowest BCUT2D eigenvalue weighted by molar-refractivity contribution is 1.05. The maximum atomic E-state index is 5.74. The molecule has 0 spiro atoms. The lowest BCUT2D eigenvalue weighted by atomic mass is 10.4. The Hall–Kier alpha value is -1.62. The first-order valence-corrected chi connectivity index (χ1v) is 4.81. The van der Waals surface area contributed by atoms with Crippen LogP contribution in [0.1, 0.15) is 0 Å². The first-order chi connectivity index (χ1) is 6.86. The zero-order valence-electron chi connectivity index (χ0n) is 7.29. The summed E-state index contributed by atoms with van der Waals surface area (Å²) >= 11 is 1.50. The van der Waals surface area contributed by atoms with Gasteiger partial charge in [0.25, 0.3) is 0 Å². The lowest BCUT2D eigenvalue weighted by Crippen LogP contribution is -1.89. The fourth-order valence-corrected chi connectivity index (χ4v) is 1.69. The van der Waals surface area contributed by atoms with Gasteiger partial charge in [0, 0.05) is 17.3 Å². The highest BCUT2D eigenvalue weighted by atomic mass is 32.2. The molecule has 0 fully saturated rings. The van der Waals surface area contributed by atoms with Crippen molar-refractivity contribution in [2.45, 2.75) is 9.92 Å². The molecule has 2 rings (SSSR count). The van der Waals surface area contributed by atoms with E-state index in [-0.39, 0.29) is 0 Å². The van der Waals surface area contributed by atoms with E-state index >= 15 is 0 Å². The van der Waals surface area contributed by atoms with Crippen LogP contribution in [0.3, 0.4) is 0 Å². The molecule has 2 N–H and O–H groups in total. The van der Waals surface area contributed by atoms with E-state index < -0.39 is 0 Å². The second kappa shape index (κ2) is 4.06. The average molecular weight is 204 g/mol. The molecule has 0 saturated heterocycles. The fraction of sp³-hybridized carbons (Fsp3) is 0. The van der Waals surface area contributed by atoms with E-state index in [9.17, 15) is 0 Å². The Bertz CT molecular complexity index is 418. The van der Waals surface area contributed by atoms with Crippen LogP contribution in [-0.4, -0.2) is 15.0 Å². The van der Waals surface area contributed by atoms with Gasteiger partial charge in [0.2, 0.25) is 0 Å². The van der Waals surface area contributed by atoms with E-state index in [4.69, 9.17) is 5.73 Å². The second-order valence-electron chi connectivity index (χ2n) is 2.56. The van der Waals surface area contributed by atoms with Crippen molar-refractivity contribution >= 4 is 17.4 Å². The van der Waals surface area contributed by atoms with Gasteiger partial charge in [-0.05, 0) is 12.1 Å². The van der Waals surface area contributed by atoms with Crippen LogP contribution in [-0.2, 0) is 0 Å². The van der Waals surface area contributed by atoms with Gasteiger partial charge in [-0.2, -0.15) is 0 Å². The molecule has 0 aromatic carbocycles. The third-order valence-electron chi connectivity index (χ3n) is 1.58. The largest absolute Gasteiger partial charge is 0.397 e. The number of rotatable bonds is 2. The van der Waals surface area contributed by atoms with Gasteiger partial charge in [-0.15, -0.1) is 0 Å². The standard InChI is InChI=1S/C9H8N4S/c10-7-5-11-3-1-8(7)14-9-2-4-12-6-13-9/h1-6H,10H2. The van der Waals surface area contributed by atoms with Crippen LogP contribution in [0.5, 0.6) is 0 Å². The van der Waals surface area contributed by atoms with E-state index in [2.05, 4.69) is 15.0 Å². The van der Waals surface area contributed by atoms with E-state index in [1.807, 2.05) is 12.1 Å². The van der Waals surface area contributed by atoms with Gasteiger partial charge in [0.1, 0.15) is 11.4 Å². The Morgan fingerprint density at radius 1 is 1.14 bits per heavy atom. The highest BCUT2D eigenvalue weighted by Gasteiger charge is 2.01. The number of hydrogen-bond donors (Lipinski definition) is 1. The van der Waals surface area contributed by atoms with Gasteiger partial charge < -0.3 is 5.73 Å². The molecule has 0 radical (unpaired) electrons. The molecule has 14 heavy (non-hydrogen) atoms. The summed E-state index contributed by atoms with van der Waals surface area (Å²) in [6.07, 6.45) is 6.55. The van der Waals surface area contributed by atoms with Crippen molar-refractivity contribution in [2.24, 2.45) is 0 Å². The number of nitrogens with zero attached hydrogens (tertiary/aromatic N) is 3. The minimum absolute atomic E-state index is 0.663. The topological polar surface area (TPSA) is 64.7 Å². The van der Waals surface area contributed by atoms with Gasteiger partial charge in [-0.1, -0.05) is 11.8 Å². The predicted molar refractivity (Wildman–Crippen MR) is 54.8 cm³/mol. The fourth-order valence-electron chi connectivity index (χ4n) is 0.938. The van der Waals surface area contributed by atoms with Crippen molar-refractivity contribution in [1.29, 1.82) is 0 Å². The Balaban J connectivity index is 2.24. The molecule has 0 amide bonds. The van der Waals surface area contributed by atoms with Crippen LogP contribution < -0.4 is 5.73 Å². The summed E-state index contributed by atoms with van der Waals surface area (Å²) in [6.45, 7) is 0. The number of nitrogens with two attached hydrogens (primary N) is 1. The maximum Gasteiger partial charge on any atom is 0.116 e. The number of nitrogen functional groups attached to an aromatic ring is 1. The van der Waals surface area contributed by atoms with Crippen molar-refractivity contribution in [3.05, 3.63) is 37.1 Å². The molecule has 4 nitrogen and oxygen atoms in total. The van der Waals surface area contributed by atoms with Gasteiger partial charge in [0.15, 0.2) is 0 Å². The lowest BCUT2D eigenvalue weighted by Gasteiger charge is -2.02. The van der Waals surface area contributed by atoms with E-state index in [1.54, 1.807) is 18.6 Å². The van der Waals surface area contributed by atoms with Crippen molar-refractivity contribution < 1.29 is 0 Å². The number of hydrogen-bond acceptors (Lipinski definition) is 5. The van der Waals surface area contributed by atoms with Crippen molar-refractivity contribution in [2.75, 3.05) is 5.73 Å². The third kappa shape index (κ3) is 2.00. The molecule has 0 unspecified atom stereocenters. The van der Waals surface area contributed by atoms with Crippen LogP contribution >= 0.6 is 11.8 Å². The molecule has 0 atom stereocenters. The first kappa shape index (κ1) is 8.96. The Morgan fingerprint density at radius 3 is 2.71 bits per heavy atom. The van der Waals surface area contributed by atoms with Gasteiger partial charge in [0.05, 0.1) is 11.9 Å². The zero-order chi connectivity index (χ0) is 9.80. The van der Waals surface area contributed by atoms with Crippen LogP contribution in [0.25, 0.3) is 0 Å². The van der Waals surface area contributed by atoms with Crippen LogP contribution in [0.2, 0.25) is 0 Å². The van der Waals surface area contributed by atoms with Crippen molar-refractivity contribution in [3.8, 4) is 0 Å². The number of aromatic nitrogens is 3. The summed E-state index contributed by atoms with van der Waals surface area (Å²) in [4.78, 5) is 12.8. The summed E-state index contributed by atoms with van der Waals surface area (Å²) < 4.78 is 0. The molecule has 70 valence electrons. The van der Waals surface area contributed by atoms with E-state index in [0.717, 1.165) is 9.92 Å². The minimum atomic E-state index is 0.663. The molecule has 2 aromatic heterocycles. The molecule has 2 aromatic rings. The Labute approximate surface area is 85.6 Å². The Morgan fingerprint density at radius 2 is 2.00 bits per heavy atom. The second-order valence-corrected chi connectivity index (χ2v) is 3.63. The van der Waals surface area contributed by atoms with Crippen LogP contribution in [0.15, 0.2) is 47.0 Å². The van der Waals surface area contributed by atoms with E-state index in [0.29, 0.717) is 5.69 Å². The molecule has 0 saturated carbocycles. The summed E-state index contributed by atoms with van der Waals surface area (Å²) in [6, 6.07) is 3.70. The molecule has 0 bridgehead atoms. The van der Waals surface area contributed by atoms with Crippen molar-refractivity contribution in [3.63, 3.8) is 0 Å². The van der Waals surface area contributed by atoms with Crippen LogP contribution in [0.4, 0.5) is 5.69 Å². The quantitative estimate of drug-likeness (QED) is 0.753. The molecule has 5 heteroatoms. The number of anilines is 1. The van der Waals surface area contributed by atoms with Gasteiger partial charge in [-0.3, -0.25) is 4.98 Å². The maximum absolute atomic E-state index is 5.74. The normalized spacial score (nSPS) is 10.0.